The average molecular weight is 244 g/mol. The largest absolute Gasteiger partial charge is 0.480 e. The predicted octanol–water partition coefficient (Wildman–Crippen LogP) is 1.25. The minimum Gasteiger partial charge on any atom is -0.480 e. The fourth-order valence-corrected chi connectivity index (χ4v) is 1.85. The number of methoxy groups -OCH3 is 1. The van der Waals surface area contributed by atoms with E-state index in [0.29, 0.717) is 13.0 Å². The van der Waals surface area contributed by atoms with Crippen molar-refractivity contribution in [2.75, 3.05) is 20.3 Å². The first kappa shape index (κ1) is 14.1. The third-order valence-electron chi connectivity index (χ3n) is 3.47. The highest BCUT2D eigenvalue weighted by molar-refractivity contribution is 6.03. The van der Waals surface area contributed by atoms with Crippen LogP contribution < -0.4 is 0 Å². The number of aliphatic carboxylic acids is 1. The van der Waals surface area contributed by atoms with Crippen LogP contribution in [0.4, 0.5) is 0 Å². The third-order valence-corrected chi connectivity index (χ3v) is 3.47. The summed E-state index contributed by atoms with van der Waals surface area (Å²) in [6, 6.07) is 0. The maximum Gasteiger partial charge on any atom is 0.319 e. The molecule has 0 aromatic carbocycles. The van der Waals surface area contributed by atoms with Crippen molar-refractivity contribution in [2.24, 2.45) is 5.41 Å². The van der Waals surface area contributed by atoms with Crippen LogP contribution in [0.1, 0.15) is 33.1 Å². The van der Waals surface area contributed by atoms with Crippen LogP contribution in [0.5, 0.6) is 0 Å². The predicted molar refractivity (Wildman–Crippen MR) is 60.8 cm³/mol. The van der Waals surface area contributed by atoms with E-state index in [1.807, 2.05) is 13.8 Å². The summed E-state index contributed by atoms with van der Waals surface area (Å²) in [5, 5.41) is 9.29. The van der Waals surface area contributed by atoms with Crippen molar-refractivity contribution < 1.29 is 24.2 Å². The van der Waals surface area contributed by atoms with E-state index < -0.39 is 17.0 Å². The molecule has 0 saturated carbocycles. The molecule has 1 aliphatic rings. The normalized spacial score (nSPS) is 25.9. The standard InChI is InChI=1S/C12H20O5/c1-11(2,16-3)5-6-12(10(14)15)8-17-7-4-9(12)13/h4-8H2,1-3H3,(H,14,15). The summed E-state index contributed by atoms with van der Waals surface area (Å²) < 4.78 is 10.4. The summed E-state index contributed by atoms with van der Waals surface area (Å²) in [5.41, 5.74) is -1.81. The van der Waals surface area contributed by atoms with E-state index in [1.165, 1.54) is 0 Å². The van der Waals surface area contributed by atoms with Crippen LogP contribution in [0.25, 0.3) is 0 Å². The molecule has 0 aromatic heterocycles. The number of ketones is 1. The van der Waals surface area contributed by atoms with Gasteiger partial charge in [-0.15, -0.1) is 0 Å². The number of carbonyl (C=O) groups is 2. The molecular weight excluding hydrogens is 224 g/mol. The summed E-state index contributed by atoms with van der Waals surface area (Å²) in [6.07, 6.45) is 0.937. The molecule has 1 fully saturated rings. The number of ether oxygens (including phenoxy) is 2. The van der Waals surface area contributed by atoms with E-state index in [4.69, 9.17) is 9.47 Å². The number of rotatable bonds is 5. The lowest BCUT2D eigenvalue weighted by atomic mass is 9.75. The molecule has 1 N–H and O–H groups in total. The maximum atomic E-state index is 11.9. The Morgan fingerprint density at radius 1 is 1.59 bits per heavy atom. The molecule has 0 aliphatic carbocycles. The molecular formula is C12H20O5. The Morgan fingerprint density at radius 3 is 2.71 bits per heavy atom. The lowest BCUT2D eigenvalue weighted by Gasteiger charge is -2.34. The van der Waals surface area contributed by atoms with Crippen LogP contribution in [-0.4, -0.2) is 42.8 Å². The molecule has 5 heteroatoms. The first-order valence-corrected chi connectivity index (χ1v) is 5.74. The van der Waals surface area contributed by atoms with Crippen molar-refractivity contribution in [3.8, 4) is 0 Å². The fraction of sp³-hybridized carbons (Fsp3) is 0.833. The topological polar surface area (TPSA) is 72.8 Å². The van der Waals surface area contributed by atoms with Gasteiger partial charge in [-0.25, -0.2) is 0 Å². The number of Topliss-reactive ketones (excluding diaryl/α,β-unsaturated/α-hetero) is 1. The quantitative estimate of drug-likeness (QED) is 0.737. The van der Waals surface area contributed by atoms with Crippen LogP contribution in [0, 0.1) is 5.41 Å². The van der Waals surface area contributed by atoms with Crippen molar-refractivity contribution in [3.63, 3.8) is 0 Å². The zero-order valence-corrected chi connectivity index (χ0v) is 10.6. The smallest absolute Gasteiger partial charge is 0.319 e. The highest BCUT2D eigenvalue weighted by Gasteiger charge is 2.48. The van der Waals surface area contributed by atoms with Gasteiger partial charge in [-0.2, -0.15) is 0 Å². The molecule has 0 spiro atoms. The van der Waals surface area contributed by atoms with Gasteiger partial charge in [-0.3, -0.25) is 9.59 Å². The van der Waals surface area contributed by atoms with Crippen molar-refractivity contribution in [1.82, 2.24) is 0 Å². The molecule has 17 heavy (non-hydrogen) atoms. The SMILES string of the molecule is COC(C)(C)CCC1(C(=O)O)COCCC1=O. The van der Waals surface area contributed by atoms with Gasteiger partial charge in [-0.05, 0) is 26.7 Å². The van der Waals surface area contributed by atoms with E-state index in [1.54, 1.807) is 7.11 Å². The highest BCUT2D eigenvalue weighted by Crippen LogP contribution is 2.33. The first-order valence-electron chi connectivity index (χ1n) is 5.74. The zero-order chi connectivity index (χ0) is 13.1. The molecule has 0 aromatic rings. The second-order valence-corrected chi connectivity index (χ2v) is 5.08. The molecule has 98 valence electrons. The van der Waals surface area contributed by atoms with Gasteiger partial charge in [0, 0.05) is 13.5 Å². The number of carbonyl (C=O) groups excluding carboxylic acids is 1. The Kier molecular flexibility index (Phi) is 4.27. The molecule has 1 rings (SSSR count). The van der Waals surface area contributed by atoms with Crippen LogP contribution in [0.15, 0.2) is 0 Å². The van der Waals surface area contributed by atoms with E-state index >= 15 is 0 Å². The summed E-state index contributed by atoms with van der Waals surface area (Å²) in [6.45, 7) is 4.04. The molecule has 5 nitrogen and oxygen atoms in total. The minimum absolute atomic E-state index is 0.0268. The number of carboxylic acid groups (broad SMARTS) is 1. The van der Waals surface area contributed by atoms with E-state index in [0.717, 1.165) is 0 Å². The summed E-state index contributed by atoms with van der Waals surface area (Å²) >= 11 is 0. The van der Waals surface area contributed by atoms with Crippen molar-refractivity contribution in [1.29, 1.82) is 0 Å². The number of carboxylic acids is 1. The first-order chi connectivity index (χ1) is 7.84. The Labute approximate surface area is 101 Å². The van der Waals surface area contributed by atoms with Crippen LogP contribution in [-0.2, 0) is 19.1 Å². The second-order valence-electron chi connectivity index (χ2n) is 5.08. The van der Waals surface area contributed by atoms with Crippen LogP contribution >= 0.6 is 0 Å². The summed E-state index contributed by atoms with van der Waals surface area (Å²) in [5.74, 6) is -1.32. The molecule has 0 radical (unpaired) electrons. The molecule has 1 saturated heterocycles. The molecule has 1 atom stereocenters. The van der Waals surface area contributed by atoms with Gasteiger partial charge in [0.2, 0.25) is 0 Å². The second kappa shape index (κ2) is 5.14. The van der Waals surface area contributed by atoms with Gasteiger partial charge in [0.25, 0.3) is 0 Å². The van der Waals surface area contributed by atoms with Crippen LogP contribution in [0.2, 0.25) is 0 Å². The minimum atomic E-state index is -1.38. The molecule has 1 aliphatic heterocycles. The maximum absolute atomic E-state index is 11.9. The lowest BCUT2D eigenvalue weighted by Crippen LogP contribution is -2.48. The van der Waals surface area contributed by atoms with Gasteiger partial charge in [0.15, 0.2) is 5.78 Å². The number of hydrogen-bond acceptors (Lipinski definition) is 4. The Morgan fingerprint density at radius 2 is 2.24 bits per heavy atom. The van der Waals surface area contributed by atoms with Crippen molar-refractivity contribution in [3.05, 3.63) is 0 Å². The average Bonchev–Trinajstić information content (AvgIpc) is 2.28. The van der Waals surface area contributed by atoms with Gasteiger partial charge in [-0.1, -0.05) is 0 Å². The zero-order valence-electron chi connectivity index (χ0n) is 10.6. The van der Waals surface area contributed by atoms with E-state index in [-0.39, 0.29) is 25.2 Å². The van der Waals surface area contributed by atoms with Crippen molar-refractivity contribution in [2.45, 2.75) is 38.7 Å². The Bertz CT molecular complexity index is 310. The Hall–Kier alpha value is -0.940. The van der Waals surface area contributed by atoms with Gasteiger partial charge >= 0.3 is 5.97 Å². The van der Waals surface area contributed by atoms with Crippen LogP contribution in [0.3, 0.4) is 0 Å². The number of hydrogen-bond donors (Lipinski definition) is 1. The van der Waals surface area contributed by atoms with Gasteiger partial charge in [0.1, 0.15) is 5.41 Å². The molecule has 0 amide bonds. The summed E-state index contributed by atoms with van der Waals surface area (Å²) in [4.78, 5) is 23.2. The van der Waals surface area contributed by atoms with Gasteiger partial charge < -0.3 is 14.6 Å². The lowest BCUT2D eigenvalue weighted by molar-refractivity contribution is -0.166. The Balaban J connectivity index is 2.79. The molecule has 0 bridgehead atoms. The fourth-order valence-electron chi connectivity index (χ4n) is 1.85. The van der Waals surface area contributed by atoms with Gasteiger partial charge in [0.05, 0.1) is 18.8 Å². The third kappa shape index (κ3) is 3.04. The van der Waals surface area contributed by atoms with E-state index in [2.05, 4.69) is 0 Å². The van der Waals surface area contributed by atoms with E-state index in [9.17, 15) is 14.7 Å². The monoisotopic (exact) mass is 244 g/mol. The highest BCUT2D eigenvalue weighted by atomic mass is 16.5. The summed E-state index contributed by atoms with van der Waals surface area (Å²) in [7, 11) is 1.58. The molecule has 1 heterocycles. The molecule has 1 unspecified atom stereocenters. The van der Waals surface area contributed by atoms with Crippen molar-refractivity contribution >= 4 is 11.8 Å².